The quantitative estimate of drug-likeness (QED) is 0.505. The molecule has 0 unspecified atom stereocenters. The number of rotatable bonds is 4. The fourth-order valence-electron chi connectivity index (χ4n) is 5.21. The summed E-state index contributed by atoms with van der Waals surface area (Å²) < 4.78 is 40.8. The van der Waals surface area contributed by atoms with Crippen molar-refractivity contribution in [3.63, 3.8) is 0 Å². The first-order valence-corrected chi connectivity index (χ1v) is 14.8. The van der Waals surface area contributed by atoms with Crippen LogP contribution in [0.1, 0.15) is 47.7 Å². The zero-order valence-electron chi connectivity index (χ0n) is 22.5. The van der Waals surface area contributed by atoms with Crippen LogP contribution in [0.15, 0.2) is 53.4 Å². The smallest absolute Gasteiger partial charge is 0.264 e. The Morgan fingerprint density at radius 1 is 1.03 bits per heavy atom. The van der Waals surface area contributed by atoms with E-state index in [1.165, 1.54) is 12.1 Å². The Labute approximate surface area is 229 Å². The molecular weight excluding hydrogens is 516 g/mol. The number of ether oxygens (including phenoxy) is 2. The first kappa shape index (κ1) is 27.1. The van der Waals surface area contributed by atoms with Gasteiger partial charge in [0.2, 0.25) is 11.8 Å². The minimum absolute atomic E-state index is 0.0341. The zero-order chi connectivity index (χ0) is 27.6. The molecule has 3 heterocycles. The first-order valence-electron chi connectivity index (χ1n) is 13.3. The van der Waals surface area contributed by atoms with E-state index in [0.717, 1.165) is 49.2 Å². The van der Waals surface area contributed by atoms with Crippen molar-refractivity contribution in [2.45, 2.75) is 51.0 Å². The van der Waals surface area contributed by atoms with Crippen LogP contribution in [-0.4, -0.2) is 61.6 Å². The molecule has 2 aromatic carbocycles. The third kappa shape index (κ3) is 6.07. The van der Waals surface area contributed by atoms with E-state index >= 15 is 0 Å². The monoisotopic (exact) mass is 550 g/mol. The number of aromatic nitrogens is 2. The summed E-state index contributed by atoms with van der Waals surface area (Å²) in [4.78, 5) is 24.4. The number of sulfonamides is 1. The van der Waals surface area contributed by atoms with Crippen LogP contribution in [-0.2, 0) is 14.8 Å². The molecule has 3 aromatic rings. The fourth-order valence-corrected chi connectivity index (χ4v) is 6.20. The molecule has 206 valence electrons. The van der Waals surface area contributed by atoms with Gasteiger partial charge in [0, 0.05) is 37.0 Å². The number of anilines is 1. The van der Waals surface area contributed by atoms with Crippen LogP contribution in [0.2, 0.25) is 0 Å². The van der Waals surface area contributed by atoms with Crippen LogP contribution < -0.4 is 9.46 Å². The lowest BCUT2D eigenvalue weighted by Gasteiger charge is -2.31. The number of carbonyl (C=O) groups is 1. The molecule has 0 saturated carbocycles. The summed E-state index contributed by atoms with van der Waals surface area (Å²) >= 11 is 0. The van der Waals surface area contributed by atoms with Crippen LogP contribution in [0, 0.1) is 19.8 Å². The lowest BCUT2D eigenvalue weighted by atomic mass is 9.96. The lowest BCUT2D eigenvalue weighted by Crippen LogP contribution is -2.43. The Kier molecular flexibility index (Phi) is 7.86. The second kappa shape index (κ2) is 11.3. The molecule has 5 rings (SSSR count). The van der Waals surface area contributed by atoms with Crippen molar-refractivity contribution in [1.82, 2.24) is 14.9 Å². The van der Waals surface area contributed by atoms with Gasteiger partial charge in [-0.25, -0.2) is 18.1 Å². The molecule has 1 amide bonds. The van der Waals surface area contributed by atoms with Gasteiger partial charge in [-0.1, -0.05) is 24.3 Å². The molecule has 1 aromatic heterocycles. The summed E-state index contributed by atoms with van der Waals surface area (Å²) in [5, 5.41) is 0. The number of nitrogens with zero attached hydrogens (tertiary/aromatic N) is 3. The summed E-state index contributed by atoms with van der Waals surface area (Å²) in [5.74, 6) is 0.383. The number of hydrogen-bond donors (Lipinski definition) is 1. The normalized spacial score (nSPS) is 19.7. The van der Waals surface area contributed by atoms with Crippen molar-refractivity contribution >= 4 is 21.9 Å². The van der Waals surface area contributed by atoms with E-state index in [1.54, 1.807) is 23.1 Å². The van der Waals surface area contributed by atoms with Gasteiger partial charge in [-0.2, -0.15) is 4.98 Å². The van der Waals surface area contributed by atoms with Gasteiger partial charge in [-0.15, -0.1) is 0 Å². The average Bonchev–Trinajstić information content (AvgIpc) is 2.92. The second-order valence-corrected chi connectivity index (χ2v) is 12.0. The van der Waals surface area contributed by atoms with Crippen molar-refractivity contribution in [2.75, 3.05) is 31.1 Å². The van der Waals surface area contributed by atoms with Gasteiger partial charge in [0.15, 0.2) is 0 Å². The molecule has 9 nitrogen and oxygen atoms in total. The third-order valence-corrected chi connectivity index (χ3v) is 8.77. The molecule has 2 aliphatic rings. The van der Waals surface area contributed by atoms with Crippen LogP contribution in [0.4, 0.5) is 5.95 Å². The number of carbonyl (C=O) groups excluding carboxylic acids is 1. The first-order chi connectivity index (χ1) is 18.7. The van der Waals surface area contributed by atoms with Crippen LogP contribution >= 0.6 is 0 Å². The third-order valence-electron chi connectivity index (χ3n) is 7.44. The van der Waals surface area contributed by atoms with Gasteiger partial charge >= 0.3 is 0 Å². The van der Waals surface area contributed by atoms with Crippen molar-refractivity contribution < 1.29 is 22.7 Å². The fraction of sp³-hybridized carbons (Fsp3) is 0.414. The standard InChI is InChI=1S/C29H34N4O5S/c1-19-6-4-7-20(2)27(19)25-17-26-31-29(30-25)32-39(35,36)24-9-5-8-23(16-24)28(34)33(21(3)18-38-26)13-10-22-11-14-37-15-12-22/h4-9,16-17,21-22H,10-15,18H2,1-3H3,(H,30,31,32)/t21-/m1/s1. The number of aryl methyl sites for hydroxylation is 2. The number of nitrogens with one attached hydrogen (secondary N) is 1. The molecule has 1 fully saturated rings. The highest BCUT2D eigenvalue weighted by Crippen LogP contribution is 2.30. The van der Waals surface area contributed by atoms with E-state index in [9.17, 15) is 13.2 Å². The number of amides is 1. The topological polar surface area (TPSA) is 111 Å². The number of fused-ring (bicyclic) bond motifs is 4. The van der Waals surface area contributed by atoms with Gasteiger partial charge in [-0.05, 0) is 75.3 Å². The Morgan fingerprint density at radius 2 is 1.74 bits per heavy atom. The number of hydrogen-bond acceptors (Lipinski definition) is 7. The average molecular weight is 551 g/mol. The molecule has 0 aliphatic carbocycles. The second-order valence-electron chi connectivity index (χ2n) is 10.3. The Balaban J connectivity index is 1.55. The van der Waals surface area contributed by atoms with Gasteiger partial charge in [0.1, 0.15) is 6.61 Å². The van der Waals surface area contributed by atoms with Crippen molar-refractivity contribution in [1.29, 1.82) is 0 Å². The van der Waals surface area contributed by atoms with E-state index in [1.807, 2.05) is 39.0 Å². The molecule has 0 spiro atoms. The molecule has 39 heavy (non-hydrogen) atoms. The SMILES string of the molecule is Cc1cccc(C)c1-c1cc2nc(n1)NS(=O)(=O)c1cccc(c1)C(=O)N(CCC1CCOCC1)[C@H](C)CO2. The van der Waals surface area contributed by atoms with E-state index in [4.69, 9.17) is 9.47 Å². The summed E-state index contributed by atoms with van der Waals surface area (Å²) in [6.45, 7) is 8.10. The highest BCUT2D eigenvalue weighted by Gasteiger charge is 2.27. The lowest BCUT2D eigenvalue weighted by molar-refractivity contribution is 0.0488. The zero-order valence-corrected chi connectivity index (χ0v) is 23.3. The summed E-state index contributed by atoms with van der Waals surface area (Å²) in [6, 6.07) is 13.5. The van der Waals surface area contributed by atoms with E-state index in [2.05, 4.69) is 14.7 Å². The molecule has 4 bridgehead atoms. The molecular formula is C29H34N4O5S. The van der Waals surface area contributed by atoms with Crippen molar-refractivity contribution in [3.05, 3.63) is 65.2 Å². The van der Waals surface area contributed by atoms with Crippen molar-refractivity contribution in [2.24, 2.45) is 5.92 Å². The van der Waals surface area contributed by atoms with E-state index in [-0.39, 0.29) is 35.3 Å². The summed E-state index contributed by atoms with van der Waals surface area (Å²) in [5.41, 5.74) is 3.74. The Hall–Kier alpha value is -3.50. The van der Waals surface area contributed by atoms with E-state index < -0.39 is 10.0 Å². The van der Waals surface area contributed by atoms with Crippen LogP contribution in [0.25, 0.3) is 11.3 Å². The van der Waals surface area contributed by atoms with Gasteiger partial charge in [0.05, 0.1) is 16.6 Å². The highest BCUT2D eigenvalue weighted by atomic mass is 32.2. The molecule has 0 radical (unpaired) electrons. The van der Waals surface area contributed by atoms with Gasteiger partial charge in [-0.3, -0.25) is 4.79 Å². The molecule has 10 heteroatoms. The van der Waals surface area contributed by atoms with Crippen molar-refractivity contribution in [3.8, 4) is 17.1 Å². The predicted octanol–water partition coefficient (Wildman–Crippen LogP) is 4.60. The van der Waals surface area contributed by atoms with Crippen LogP contribution in [0.5, 0.6) is 5.88 Å². The maximum atomic E-state index is 13.7. The summed E-state index contributed by atoms with van der Waals surface area (Å²) in [6.07, 6.45) is 2.78. The molecule has 1 atom stereocenters. The molecule has 2 aliphatic heterocycles. The van der Waals surface area contributed by atoms with Gasteiger partial charge in [0.25, 0.3) is 15.9 Å². The Morgan fingerprint density at radius 3 is 2.49 bits per heavy atom. The van der Waals surface area contributed by atoms with E-state index in [0.29, 0.717) is 23.7 Å². The highest BCUT2D eigenvalue weighted by molar-refractivity contribution is 7.92. The maximum Gasteiger partial charge on any atom is 0.264 e. The molecule has 1 saturated heterocycles. The molecule has 1 N–H and O–H groups in total. The summed E-state index contributed by atoms with van der Waals surface area (Å²) in [7, 11) is -4.08. The minimum Gasteiger partial charge on any atom is -0.475 e. The maximum absolute atomic E-state index is 13.7. The Bertz CT molecular complexity index is 1450. The van der Waals surface area contributed by atoms with Crippen LogP contribution in [0.3, 0.4) is 0 Å². The predicted molar refractivity (Wildman–Crippen MR) is 148 cm³/mol. The largest absolute Gasteiger partial charge is 0.475 e. The minimum atomic E-state index is -4.08. The number of benzene rings is 2. The van der Waals surface area contributed by atoms with Gasteiger partial charge < -0.3 is 14.4 Å².